The maximum atomic E-state index is 9.88. The van der Waals surface area contributed by atoms with Gasteiger partial charge in [0.2, 0.25) is 11.0 Å². The first-order valence-electron chi connectivity index (χ1n) is 8.80. The Bertz CT molecular complexity index is 1210. The Labute approximate surface area is 174 Å². The highest BCUT2D eigenvalue weighted by atomic mass is 35.7. The van der Waals surface area contributed by atoms with Crippen LogP contribution in [0.5, 0.6) is 5.75 Å². The van der Waals surface area contributed by atoms with E-state index in [-0.39, 0.29) is 5.75 Å². The SMILES string of the molecule is Cc1cccc([NH+]=c2cc(-c3ccccc3)oc3ccc(O)cc23)c1.[O-][Cl+3]([O-])([O-])[O-]. The maximum absolute atomic E-state index is 9.88. The van der Waals surface area contributed by atoms with Gasteiger partial charge in [0.25, 0.3) is 0 Å². The van der Waals surface area contributed by atoms with Gasteiger partial charge in [-0.3, -0.25) is 0 Å². The van der Waals surface area contributed by atoms with Gasteiger partial charge in [0.05, 0.1) is 11.5 Å². The van der Waals surface area contributed by atoms with Gasteiger partial charge in [-0.25, -0.2) is 23.6 Å². The Hall–Kier alpha value is -3.20. The van der Waals surface area contributed by atoms with Crippen LogP contribution in [0.25, 0.3) is 22.3 Å². The molecule has 0 aliphatic rings. The molecular formula is C22H18ClNO6. The lowest BCUT2D eigenvalue weighted by Crippen LogP contribution is -2.70. The molecule has 0 radical (unpaired) electrons. The van der Waals surface area contributed by atoms with Gasteiger partial charge in [-0.2, -0.15) is 0 Å². The molecule has 0 unspecified atom stereocenters. The van der Waals surface area contributed by atoms with Crippen LogP contribution in [0.2, 0.25) is 0 Å². The summed E-state index contributed by atoms with van der Waals surface area (Å²) in [7, 11) is -4.94. The molecule has 30 heavy (non-hydrogen) atoms. The number of phenols is 1. The van der Waals surface area contributed by atoms with E-state index in [9.17, 15) is 5.11 Å². The molecule has 8 heteroatoms. The van der Waals surface area contributed by atoms with E-state index in [4.69, 9.17) is 23.1 Å². The molecule has 3 aromatic carbocycles. The van der Waals surface area contributed by atoms with Crippen molar-refractivity contribution >= 4 is 16.7 Å². The molecule has 7 nitrogen and oxygen atoms in total. The van der Waals surface area contributed by atoms with E-state index in [1.807, 2.05) is 48.5 Å². The van der Waals surface area contributed by atoms with E-state index in [0.29, 0.717) is 5.58 Å². The molecule has 0 saturated heterocycles. The fraction of sp³-hybridized carbons (Fsp3) is 0.0455. The van der Waals surface area contributed by atoms with Crippen LogP contribution >= 0.6 is 0 Å². The Balaban J connectivity index is 0.000000461. The van der Waals surface area contributed by atoms with Crippen molar-refractivity contribution in [1.29, 1.82) is 0 Å². The molecule has 0 spiro atoms. The molecule has 0 saturated carbocycles. The van der Waals surface area contributed by atoms with Crippen LogP contribution in [-0.2, 0) is 0 Å². The number of aryl methyl sites for hydroxylation is 1. The van der Waals surface area contributed by atoms with Crippen molar-refractivity contribution < 1.29 is 43.4 Å². The van der Waals surface area contributed by atoms with Crippen molar-refractivity contribution in [2.75, 3.05) is 0 Å². The van der Waals surface area contributed by atoms with Crippen LogP contribution < -0.4 is 29.0 Å². The van der Waals surface area contributed by atoms with Gasteiger partial charge in [0.15, 0.2) is 0 Å². The molecule has 2 N–H and O–H groups in total. The minimum absolute atomic E-state index is 0.211. The molecule has 1 heterocycles. The Kier molecular flexibility index (Phi) is 6.51. The summed E-state index contributed by atoms with van der Waals surface area (Å²) >= 11 is 0. The monoisotopic (exact) mass is 427 g/mol. The summed E-state index contributed by atoms with van der Waals surface area (Å²) in [5.41, 5.74) is 3.90. The standard InChI is InChI=1S/C22H17NO2.ClHO4/c1-15-6-5-9-17(12-15)23-20-14-22(16-7-3-2-4-8-16)25-21-11-10-18(24)13-19(20)21;2-1(3,4)5/h2-14,24H,1H3;(H,2,3,4,5). The second-order valence-electron chi connectivity index (χ2n) is 6.44. The minimum Gasteiger partial charge on any atom is -0.508 e. The fourth-order valence-electron chi connectivity index (χ4n) is 2.90. The molecule has 4 aromatic rings. The number of halogens is 1. The zero-order chi connectivity index (χ0) is 21.7. The molecule has 0 aliphatic carbocycles. The summed E-state index contributed by atoms with van der Waals surface area (Å²) in [5, 5.41) is 11.6. The lowest BCUT2D eigenvalue weighted by atomic mass is 10.1. The van der Waals surface area contributed by atoms with Crippen LogP contribution in [0.3, 0.4) is 0 Å². The maximum Gasteiger partial charge on any atom is 0.218 e. The molecule has 1 aromatic heterocycles. The Morgan fingerprint density at radius 1 is 0.833 bits per heavy atom. The summed E-state index contributed by atoms with van der Waals surface area (Å²) in [4.78, 5) is 3.45. The lowest BCUT2D eigenvalue weighted by molar-refractivity contribution is -2.00. The average Bonchev–Trinajstić information content (AvgIpc) is 2.68. The van der Waals surface area contributed by atoms with Crippen LogP contribution in [0, 0.1) is 17.2 Å². The third-order valence-corrected chi connectivity index (χ3v) is 4.10. The third kappa shape index (κ3) is 6.15. The average molecular weight is 428 g/mol. The van der Waals surface area contributed by atoms with E-state index in [2.05, 4.69) is 24.0 Å². The predicted molar refractivity (Wildman–Crippen MR) is 98.3 cm³/mol. The number of rotatable bonds is 2. The lowest BCUT2D eigenvalue weighted by Gasteiger charge is -2.17. The molecule has 0 bridgehead atoms. The zero-order valence-electron chi connectivity index (χ0n) is 15.9. The Morgan fingerprint density at radius 2 is 1.53 bits per heavy atom. The number of fused-ring (bicyclic) bond motifs is 1. The van der Waals surface area contributed by atoms with Gasteiger partial charge >= 0.3 is 0 Å². The van der Waals surface area contributed by atoms with Crippen molar-refractivity contribution in [3.8, 4) is 17.1 Å². The van der Waals surface area contributed by atoms with E-state index < -0.39 is 10.2 Å². The normalized spacial score (nSPS) is 11.8. The van der Waals surface area contributed by atoms with E-state index in [1.165, 1.54) is 5.56 Å². The predicted octanol–water partition coefficient (Wildman–Crippen LogP) is -1.33. The number of hydrogen-bond acceptors (Lipinski definition) is 6. The number of aromatic hydroxyl groups is 1. The highest BCUT2D eigenvalue weighted by molar-refractivity contribution is 5.79. The van der Waals surface area contributed by atoms with Crippen molar-refractivity contribution in [2.45, 2.75) is 6.92 Å². The molecule has 0 aliphatic heterocycles. The first-order chi connectivity index (χ1) is 14.2. The minimum atomic E-state index is -4.94. The third-order valence-electron chi connectivity index (χ3n) is 4.10. The second-order valence-corrected chi connectivity index (χ2v) is 7.20. The molecular weight excluding hydrogens is 410 g/mol. The smallest absolute Gasteiger partial charge is 0.218 e. The molecule has 0 amide bonds. The van der Waals surface area contributed by atoms with Gasteiger partial charge in [0, 0.05) is 17.7 Å². The number of hydrogen-bond donors (Lipinski definition) is 2. The first kappa shape index (κ1) is 21.5. The largest absolute Gasteiger partial charge is 0.508 e. The van der Waals surface area contributed by atoms with Gasteiger partial charge < -0.3 is 9.52 Å². The summed E-state index contributed by atoms with van der Waals surface area (Å²) in [5.74, 6) is 0.983. The molecule has 0 fully saturated rings. The van der Waals surface area contributed by atoms with Crippen molar-refractivity contribution in [2.24, 2.45) is 0 Å². The fourth-order valence-corrected chi connectivity index (χ4v) is 2.90. The number of benzene rings is 3. The van der Waals surface area contributed by atoms with Gasteiger partial charge in [0.1, 0.15) is 17.1 Å². The second kappa shape index (κ2) is 9.08. The van der Waals surface area contributed by atoms with Crippen molar-refractivity contribution in [3.63, 3.8) is 0 Å². The molecule has 4 rings (SSSR count). The topological polar surface area (TPSA) is 140 Å². The zero-order valence-corrected chi connectivity index (χ0v) is 16.6. The summed E-state index contributed by atoms with van der Waals surface area (Å²) < 4.78 is 40.0. The highest BCUT2D eigenvalue weighted by Gasteiger charge is 2.10. The van der Waals surface area contributed by atoms with Crippen LogP contribution in [0.1, 0.15) is 5.56 Å². The van der Waals surface area contributed by atoms with Crippen LogP contribution in [0.4, 0.5) is 5.69 Å². The highest BCUT2D eigenvalue weighted by Crippen LogP contribution is 2.23. The molecule has 154 valence electrons. The first-order valence-corrected chi connectivity index (χ1v) is 10.0. The van der Waals surface area contributed by atoms with Crippen molar-refractivity contribution in [1.82, 2.24) is 0 Å². The van der Waals surface area contributed by atoms with Crippen molar-refractivity contribution in [3.05, 3.63) is 89.8 Å². The van der Waals surface area contributed by atoms with Gasteiger partial charge in [-0.15, -0.1) is 10.2 Å². The summed E-state index contributed by atoms with van der Waals surface area (Å²) in [6.45, 7) is 2.06. The van der Waals surface area contributed by atoms with Crippen LogP contribution in [-0.4, -0.2) is 5.11 Å². The molecule has 0 atom stereocenters. The van der Waals surface area contributed by atoms with E-state index >= 15 is 0 Å². The van der Waals surface area contributed by atoms with Crippen LogP contribution in [0.15, 0.2) is 83.3 Å². The van der Waals surface area contributed by atoms with Gasteiger partial charge in [-0.05, 0) is 30.7 Å². The van der Waals surface area contributed by atoms with E-state index in [0.717, 1.165) is 27.8 Å². The van der Waals surface area contributed by atoms with Gasteiger partial charge in [-0.1, -0.05) is 42.5 Å². The summed E-state index contributed by atoms with van der Waals surface area (Å²) in [6.07, 6.45) is 0. The summed E-state index contributed by atoms with van der Waals surface area (Å²) in [6, 6.07) is 25.3. The quantitative estimate of drug-likeness (QED) is 0.406. The Morgan fingerprint density at radius 3 is 2.20 bits per heavy atom. The number of phenolic OH excluding ortho intramolecular Hbond substituents is 1. The number of nitrogens with one attached hydrogen (secondary N) is 1. The van der Waals surface area contributed by atoms with E-state index in [1.54, 1.807) is 18.2 Å².